The summed E-state index contributed by atoms with van der Waals surface area (Å²) in [5.74, 6) is 1.05. The lowest BCUT2D eigenvalue weighted by Crippen LogP contribution is -2.49. The number of nitrogens with zero attached hydrogens (tertiary/aromatic N) is 5. The average Bonchev–Trinajstić information content (AvgIpc) is 3.04. The van der Waals surface area contributed by atoms with Crippen molar-refractivity contribution in [3.63, 3.8) is 0 Å². The maximum atomic E-state index is 12.5. The zero-order valence-electron chi connectivity index (χ0n) is 12.2. The van der Waals surface area contributed by atoms with Crippen LogP contribution in [0, 0.1) is 0 Å². The van der Waals surface area contributed by atoms with Crippen molar-refractivity contribution in [2.45, 2.75) is 0 Å². The first kappa shape index (κ1) is 14.2. The molecule has 2 aromatic heterocycles. The first-order valence-corrected chi connectivity index (χ1v) is 7.69. The fourth-order valence-corrected chi connectivity index (χ4v) is 3.19. The van der Waals surface area contributed by atoms with Gasteiger partial charge in [-0.2, -0.15) is 0 Å². The fourth-order valence-electron chi connectivity index (χ4n) is 2.67. The lowest BCUT2D eigenvalue weighted by atomic mass is 10.3. The number of anilines is 1. The van der Waals surface area contributed by atoms with Crippen LogP contribution >= 0.6 is 15.9 Å². The molecule has 1 fully saturated rings. The second-order valence-electron chi connectivity index (χ2n) is 5.27. The van der Waals surface area contributed by atoms with Crippen LogP contribution in [0.1, 0.15) is 10.5 Å². The molecule has 0 spiro atoms. The summed E-state index contributed by atoms with van der Waals surface area (Å²) < 4.78 is 4.79. The maximum Gasteiger partial charge on any atom is 0.270 e. The number of amides is 1. The van der Waals surface area contributed by atoms with Gasteiger partial charge in [0.25, 0.3) is 5.91 Å². The van der Waals surface area contributed by atoms with E-state index in [0.717, 1.165) is 23.5 Å². The molecule has 0 N–H and O–H groups in total. The highest BCUT2D eigenvalue weighted by atomic mass is 79.9. The van der Waals surface area contributed by atoms with E-state index in [1.165, 1.54) is 0 Å². The van der Waals surface area contributed by atoms with E-state index < -0.39 is 0 Å². The van der Waals surface area contributed by atoms with Gasteiger partial charge in [0, 0.05) is 63.3 Å². The van der Waals surface area contributed by atoms with Gasteiger partial charge in [-0.05, 0) is 22.0 Å². The van der Waals surface area contributed by atoms with E-state index in [0.29, 0.717) is 18.8 Å². The first-order chi connectivity index (χ1) is 10.1. The first-order valence-electron chi connectivity index (χ1n) is 6.89. The second-order valence-corrected chi connectivity index (χ2v) is 6.19. The van der Waals surface area contributed by atoms with Crippen molar-refractivity contribution in [2.75, 3.05) is 31.1 Å². The molecule has 7 heteroatoms. The van der Waals surface area contributed by atoms with Crippen molar-refractivity contribution < 1.29 is 4.79 Å². The van der Waals surface area contributed by atoms with Crippen molar-refractivity contribution in [1.82, 2.24) is 19.0 Å². The molecule has 0 atom stereocenters. The number of imidazole rings is 1. The average molecular weight is 352 g/mol. The summed E-state index contributed by atoms with van der Waals surface area (Å²) in [6.45, 7) is 3.05. The summed E-state index contributed by atoms with van der Waals surface area (Å²) in [7, 11) is 3.88. The molecule has 0 radical (unpaired) electrons. The fraction of sp³-hybridized carbons (Fsp3) is 0.429. The molecule has 0 bridgehead atoms. The molecule has 0 aromatic carbocycles. The number of aryl methyl sites for hydroxylation is 2. The van der Waals surface area contributed by atoms with Crippen LogP contribution < -0.4 is 4.90 Å². The van der Waals surface area contributed by atoms with Crippen molar-refractivity contribution >= 4 is 27.8 Å². The predicted octanol–water partition coefficient (Wildman–Crippen LogP) is 1.48. The lowest BCUT2D eigenvalue weighted by molar-refractivity contribution is 0.0736. The van der Waals surface area contributed by atoms with Crippen LogP contribution in [0.5, 0.6) is 0 Å². The number of hydrogen-bond acceptors (Lipinski definition) is 3. The van der Waals surface area contributed by atoms with E-state index in [-0.39, 0.29) is 5.91 Å². The summed E-state index contributed by atoms with van der Waals surface area (Å²) in [4.78, 5) is 21.0. The molecule has 1 aliphatic heterocycles. The summed E-state index contributed by atoms with van der Waals surface area (Å²) in [6, 6.07) is 1.87. The Morgan fingerprint density at radius 2 is 1.90 bits per heavy atom. The summed E-state index contributed by atoms with van der Waals surface area (Å²) in [6.07, 6.45) is 5.64. The minimum Gasteiger partial charge on any atom is -0.345 e. The summed E-state index contributed by atoms with van der Waals surface area (Å²) >= 11 is 3.41. The van der Waals surface area contributed by atoms with E-state index in [9.17, 15) is 4.79 Å². The van der Waals surface area contributed by atoms with Crippen LogP contribution in [0.15, 0.2) is 29.1 Å². The third kappa shape index (κ3) is 2.70. The molecule has 6 nitrogen and oxygen atoms in total. The Morgan fingerprint density at radius 3 is 2.43 bits per heavy atom. The van der Waals surface area contributed by atoms with E-state index in [1.54, 1.807) is 6.20 Å². The van der Waals surface area contributed by atoms with Crippen LogP contribution in [-0.4, -0.2) is 51.1 Å². The molecule has 2 aromatic rings. The monoisotopic (exact) mass is 351 g/mol. The largest absolute Gasteiger partial charge is 0.345 e. The Labute approximate surface area is 132 Å². The molecule has 0 saturated carbocycles. The molecule has 0 unspecified atom stereocenters. The van der Waals surface area contributed by atoms with E-state index in [1.807, 2.05) is 46.6 Å². The van der Waals surface area contributed by atoms with Gasteiger partial charge in [-0.25, -0.2) is 4.98 Å². The van der Waals surface area contributed by atoms with Crippen LogP contribution in [-0.2, 0) is 14.1 Å². The Kier molecular flexibility index (Phi) is 3.75. The Bertz CT molecular complexity index is 654. The molecule has 1 saturated heterocycles. The Hall–Kier alpha value is -1.76. The number of rotatable bonds is 2. The minimum absolute atomic E-state index is 0.0858. The smallest absolute Gasteiger partial charge is 0.270 e. The molecule has 3 heterocycles. The number of halogens is 1. The number of hydrogen-bond donors (Lipinski definition) is 0. The van der Waals surface area contributed by atoms with Crippen LogP contribution in [0.25, 0.3) is 0 Å². The number of carbonyl (C=O) groups excluding carboxylic acids is 1. The summed E-state index contributed by atoms with van der Waals surface area (Å²) in [5, 5.41) is 0. The highest BCUT2D eigenvalue weighted by molar-refractivity contribution is 9.10. The van der Waals surface area contributed by atoms with Crippen LogP contribution in [0.3, 0.4) is 0 Å². The topological polar surface area (TPSA) is 46.3 Å². The van der Waals surface area contributed by atoms with Crippen molar-refractivity contribution in [2.24, 2.45) is 14.1 Å². The molecule has 0 aliphatic carbocycles. The molecular weight excluding hydrogens is 334 g/mol. The quantitative estimate of drug-likeness (QED) is 0.823. The Morgan fingerprint density at radius 1 is 1.19 bits per heavy atom. The molecule has 1 amide bonds. The van der Waals surface area contributed by atoms with Gasteiger partial charge in [-0.1, -0.05) is 0 Å². The SMILES string of the molecule is Cn1cc(Br)cc1C(=O)N1CCN(c2nccn2C)CC1. The van der Waals surface area contributed by atoms with Crippen molar-refractivity contribution in [1.29, 1.82) is 0 Å². The molecule has 1 aliphatic rings. The third-order valence-corrected chi connectivity index (χ3v) is 4.27. The minimum atomic E-state index is 0.0858. The van der Waals surface area contributed by atoms with Gasteiger partial charge in [-0.15, -0.1) is 0 Å². The maximum absolute atomic E-state index is 12.5. The Balaban J connectivity index is 1.67. The summed E-state index contributed by atoms with van der Waals surface area (Å²) in [5.41, 5.74) is 0.715. The second kappa shape index (κ2) is 5.55. The highest BCUT2D eigenvalue weighted by Gasteiger charge is 2.25. The molecule has 3 rings (SSSR count). The molecule has 21 heavy (non-hydrogen) atoms. The highest BCUT2D eigenvalue weighted by Crippen LogP contribution is 2.18. The van der Waals surface area contributed by atoms with Gasteiger partial charge in [-0.3, -0.25) is 4.79 Å². The normalized spacial score (nSPS) is 15.6. The molecular formula is C14H18BrN5O. The van der Waals surface area contributed by atoms with Gasteiger partial charge >= 0.3 is 0 Å². The van der Waals surface area contributed by atoms with Crippen molar-refractivity contribution in [3.05, 3.63) is 34.8 Å². The van der Waals surface area contributed by atoms with Gasteiger partial charge in [0.2, 0.25) is 5.95 Å². The van der Waals surface area contributed by atoms with Crippen LogP contribution in [0.4, 0.5) is 5.95 Å². The number of carbonyl (C=O) groups is 1. The number of aromatic nitrogens is 3. The standard InChI is InChI=1S/C14H18BrN5O/c1-17-4-3-16-14(17)20-7-5-19(6-8-20)13(21)12-9-11(15)10-18(12)2/h3-4,9-10H,5-8H2,1-2H3. The number of piperazine rings is 1. The van der Waals surface area contributed by atoms with E-state index in [2.05, 4.69) is 25.8 Å². The zero-order valence-corrected chi connectivity index (χ0v) is 13.7. The lowest BCUT2D eigenvalue weighted by Gasteiger charge is -2.35. The van der Waals surface area contributed by atoms with Gasteiger partial charge < -0.3 is 18.9 Å². The van der Waals surface area contributed by atoms with E-state index >= 15 is 0 Å². The zero-order chi connectivity index (χ0) is 15.0. The van der Waals surface area contributed by atoms with Gasteiger partial charge in [0.1, 0.15) is 5.69 Å². The van der Waals surface area contributed by atoms with Crippen molar-refractivity contribution in [3.8, 4) is 0 Å². The van der Waals surface area contributed by atoms with Crippen LogP contribution in [0.2, 0.25) is 0 Å². The van der Waals surface area contributed by atoms with Gasteiger partial charge in [0.15, 0.2) is 0 Å². The predicted molar refractivity (Wildman–Crippen MR) is 84.4 cm³/mol. The molecule has 112 valence electrons. The van der Waals surface area contributed by atoms with E-state index in [4.69, 9.17) is 0 Å². The third-order valence-electron chi connectivity index (χ3n) is 3.84. The van der Waals surface area contributed by atoms with Gasteiger partial charge in [0.05, 0.1) is 0 Å².